The Kier molecular flexibility index (Phi) is 5.35. The summed E-state index contributed by atoms with van der Waals surface area (Å²) in [6.45, 7) is 0. The van der Waals surface area contributed by atoms with E-state index in [-0.39, 0.29) is 11.4 Å². The minimum atomic E-state index is -0.988. The molecule has 33 heavy (non-hydrogen) atoms. The number of imide groups is 1. The van der Waals surface area contributed by atoms with Gasteiger partial charge in [-0.3, -0.25) is 24.5 Å². The number of amides is 2. The predicted molar refractivity (Wildman–Crippen MR) is 124 cm³/mol. The molecule has 0 aliphatic carbocycles. The van der Waals surface area contributed by atoms with E-state index in [1.807, 2.05) is 60.9 Å². The largest absolute Gasteiger partial charge is 0.273 e. The van der Waals surface area contributed by atoms with Crippen LogP contribution in [0.4, 0.5) is 17.1 Å². The van der Waals surface area contributed by atoms with Crippen molar-refractivity contribution in [2.24, 2.45) is 5.92 Å². The summed E-state index contributed by atoms with van der Waals surface area (Å²) in [7, 11) is 0. The number of thioether (sulfide) groups is 1. The molecule has 0 saturated carbocycles. The van der Waals surface area contributed by atoms with Crippen LogP contribution in [0.15, 0.2) is 83.8 Å². The van der Waals surface area contributed by atoms with Gasteiger partial charge in [-0.2, -0.15) is 0 Å². The fraction of sp³-hybridized carbons (Fsp3) is 0.167. The van der Waals surface area contributed by atoms with Crippen molar-refractivity contribution in [2.45, 2.75) is 17.0 Å². The number of nitro benzene ring substituents is 1. The van der Waals surface area contributed by atoms with E-state index >= 15 is 0 Å². The number of fused-ring (bicyclic) bond motifs is 1. The Morgan fingerprint density at radius 3 is 2.15 bits per heavy atom. The molecule has 2 fully saturated rings. The van der Waals surface area contributed by atoms with Gasteiger partial charge >= 0.3 is 0 Å². The number of carbonyl (C=O) groups excluding carboxylic acids is 2. The number of anilines is 2. The van der Waals surface area contributed by atoms with Crippen LogP contribution in [0.3, 0.4) is 0 Å². The van der Waals surface area contributed by atoms with Gasteiger partial charge in [0.05, 0.1) is 22.3 Å². The minimum absolute atomic E-state index is 0.115. The Morgan fingerprint density at radius 2 is 1.55 bits per heavy atom. The molecule has 2 saturated heterocycles. The lowest BCUT2D eigenvalue weighted by Crippen LogP contribution is -2.37. The van der Waals surface area contributed by atoms with Gasteiger partial charge in [0.15, 0.2) is 6.10 Å². The van der Waals surface area contributed by atoms with E-state index in [1.54, 1.807) is 16.8 Å². The predicted octanol–water partition coefficient (Wildman–Crippen LogP) is 4.37. The molecule has 8 nitrogen and oxygen atoms in total. The Hall–Kier alpha value is -3.69. The standard InChI is InChI=1S/C24H19N3O5S/c1-33-19-13-7-15(8-14-19)21-20-22(32-26(21)17-5-3-2-4-6-17)24(29)25(23(20)28)16-9-11-18(12-10-16)27(30)31/h2-14,20-22H,1H3/t20-,21-,22+/m1/s1. The van der Waals surface area contributed by atoms with Crippen molar-refractivity contribution in [3.05, 3.63) is 94.5 Å². The van der Waals surface area contributed by atoms with Crippen molar-refractivity contribution in [2.75, 3.05) is 16.2 Å². The van der Waals surface area contributed by atoms with Crippen LogP contribution in [0.2, 0.25) is 0 Å². The van der Waals surface area contributed by atoms with Crippen molar-refractivity contribution in [1.29, 1.82) is 0 Å². The fourth-order valence-electron chi connectivity index (χ4n) is 4.33. The van der Waals surface area contributed by atoms with Gasteiger partial charge < -0.3 is 0 Å². The number of non-ortho nitro benzene ring substituents is 1. The molecule has 3 aromatic carbocycles. The third-order valence-electron chi connectivity index (χ3n) is 5.90. The molecule has 2 heterocycles. The van der Waals surface area contributed by atoms with Crippen LogP contribution in [-0.2, 0) is 14.4 Å². The van der Waals surface area contributed by atoms with Crippen LogP contribution in [0.25, 0.3) is 0 Å². The average Bonchev–Trinajstić information content (AvgIpc) is 3.35. The molecule has 5 rings (SSSR count). The Morgan fingerprint density at radius 1 is 0.879 bits per heavy atom. The highest BCUT2D eigenvalue weighted by atomic mass is 32.2. The van der Waals surface area contributed by atoms with Gasteiger partial charge in [0.2, 0.25) is 5.91 Å². The zero-order chi connectivity index (χ0) is 23.1. The number of hydroxylamine groups is 1. The van der Waals surface area contributed by atoms with Gasteiger partial charge in [0.1, 0.15) is 5.92 Å². The summed E-state index contributed by atoms with van der Waals surface area (Å²) in [6, 6.07) is 22.1. The van der Waals surface area contributed by atoms with Gasteiger partial charge in [-0.1, -0.05) is 30.3 Å². The Labute approximate surface area is 193 Å². The lowest BCUT2D eigenvalue weighted by atomic mass is 9.90. The molecule has 3 atom stereocenters. The molecule has 0 unspecified atom stereocenters. The van der Waals surface area contributed by atoms with Crippen molar-refractivity contribution in [3.8, 4) is 0 Å². The van der Waals surface area contributed by atoms with E-state index in [9.17, 15) is 19.7 Å². The van der Waals surface area contributed by atoms with E-state index in [2.05, 4.69) is 0 Å². The molecular formula is C24H19N3O5S. The summed E-state index contributed by atoms with van der Waals surface area (Å²) in [5.41, 5.74) is 1.77. The highest BCUT2D eigenvalue weighted by Crippen LogP contribution is 2.47. The molecule has 9 heteroatoms. The van der Waals surface area contributed by atoms with E-state index in [0.29, 0.717) is 0 Å². The van der Waals surface area contributed by atoms with E-state index in [0.717, 1.165) is 21.0 Å². The summed E-state index contributed by atoms with van der Waals surface area (Å²) in [5, 5.41) is 12.6. The first-order valence-corrected chi connectivity index (χ1v) is 11.5. The lowest BCUT2D eigenvalue weighted by Gasteiger charge is -2.28. The molecule has 2 amide bonds. The molecule has 2 aliphatic heterocycles. The third kappa shape index (κ3) is 3.55. The molecule has 0 bridgehead atoms. The number of carbonyl (C=O) groups is 2. The van der Waals surface area contributed by atoms with E-state index in [1.165, 1.54) is 24.3 Å². The van der Waals surface area contributed by atoms with Crippen molar-refractivity contribution in [1.82, 2.24) is 0 Å². The van der Waals surface area contributed by atoms with Crippen LogP contribution in [0.1, 0.15) is 11.6 Å². The maximum atomic E-state index is 13.6. The topological polar surface area (TPSA) is 93.0 Å². The fourth-order valence-corrected chi connectivity index (χ4v) is 4.74. The van der Waals surface area contributed by atoms with E-state index in [4.69, 9.17) is 4.84 Å². The number of hydrogen-bond acceptors (Lipinski definition) is 7. The first-order valence-electron chi connectivity index (χ1n) is 10.3. The first kappa shape index (κ1) is 21.2. The molecule has 0 aromatic heterocycles. The minimum Gasteiger partial charge on any atom is -0.273 e. The van der Waals surface area contributed by atoms with Gasteiger partial charge in [-0.25, -0.2) is 9.96 Å². The summed E-state index contributed by atoms with van der Waals surface area (Å²) in [4.78, 5) is 45.5. The molecular weight excluding hydrogens is 442 g/mol. The van der Waals surface area contributed by atoms with Crippen LogP contribution >= 0.6 is 11.8 Å². The van der Waals surface area contributed by atoms with Crippen molar-refractivity contribution in [3.63, 3.8) is 0 Å². The zero-order valence-electron chi connectivity index (χ0n) is 17.5. The van der Waals surface area contributed by atoms with Gasteiger partial charge in [0, 0.05) is 17.0 Å². The summed E-state index contributed by atoms with van der Waals surface area (Å²) in [5.74, 6) is -1.63. The van der Waals surface area contributed by atoms with Crippen LogP contribution in [-0.4, -0.2) is 29.1 Å². The number of nitrogens with zero attached hydrogens (tertiary/aromatic N) is 3. The van der Waals surface area contributed by atoms with Crippen LogP contribution < -0.4 is 9.96 Å². The van der Waals surface area contributed by atoms with Gasteiger partial charge in [-0.15, -0.1) is 11.8 Å². The molecule has 0 radical (unpaired) electrons. The zero-order valence-corrected chi connectivity index (χ0v) is 18.3. The quantitative estimate of drug-likeness (QED) is 0.241. The van der Waals surface area contributed by atoms with Crippen LogP contribution in [0.5, 0.6) is 0 Å². The maximum absolute atomic E-state index is 13.6. The Bertz CT molecular complexity index is 1220. The van der Waals surface area contributed by atoms with Gasteiger partial charge in [0.25, 0.3) is 11.6 Å². The van der Waals surface area contributed by atoms with Gasteiger partial charge in [-0.05, 0) is 48.2 Å². The third-order valence-corrected chi connectivity index (χ3v) is 6.65. The number of hydrogen-bond donors (Lipinski definition) is 0. The molecule has 0 spiro atoms. The lowest BCUT2D eigenvalue weighted by molar-refractivity contribution is -0.384. The summed E-state index contributed by atoms with van der Waals surface area (Å²) >= 11 is 1.62. The summed E-state index contributed by atoms with van der Waals surface area (Å²) < 4.78 is 0. The Balaban J connectivity index is 1.54. The summed E-state index contributed by atoms with van der Waals surface area (Å²) in [6.07, 6.45) is 0.999. The maximum Gasteiger partial charge on any atom is 0.269 e. The molecule has 0 N–H and O–H groups in total. The number of benzene rings is 3. The number of nitro groups is 1. The molecule has 166 valence electrons. The van der Waals surface area contributed by atoms with E-state index < -0.39 is 34.8 Å². The van der Waals surface area contributed by atoms with Crippen molar-refractivity contribution < 1.29 is 19.3 Å². The molecule has 3 aromatic rings. The monoisotopic (exact) mass is 461 g/mol. The normalized spacial score (nSPS) is 22.0. The molecule has 2 aliphatic rings. The smallest absolute Gasteiger partial charge is 0.269 e. The SMILES string of the molecule is CSc1ccc([C@@H]2[C@H]3C(=O)N(c4ccc([N+](=O)[O-])cc4)C(=O)[C@H]3ON2c2ccccc2)cc1. The highest BCUT2D eigenvalue weighted by Gasteiger charge is 2.60. The van der Waals surface area contributed by atoms with Crippen molar-refractivity contribution >= 4 is 40.6 Å². The second-order valence-corrected chi connectivity index (χ2v) is 8.60. The van der Waals surface area contributed by atoms with Crippen LogP contribution in [0, 0.1) is 16.0 Å². The second kappa shape index (κ2) is 8.34. The number of para-hydroxylation sites is 1. The first-order chi connectivity index (χ1) is 16.0. The number of rotatable bonds is 5. The highest BCUT2D eigenvalue weighted by molar-refractivity contribution is 7.98. The average molecular weight is 461 g/mol. The second-order valence-electron chi connectivity index (χ2n) is 7.72.